The quantitative estimate of drug-likeness (QED) is 0.362. The van der Waals surface area contributed by atoms with Crippen molar-refractivity contribution >= 4 is 11.5 Å². The minimum Gasteiger partial charge on any atom is -0.497 e. The van der Waals surface area contributed by atoms with Crippen LogP contribution in [-0.2, 0) is 11.4 Å². The minimum absolute atomic E-state index is 0.0471. The van der Waals surface area contributed by atoms with Crippen molar-refractivity contribution in [1.82, 2.24) is 9.97 Å². The van der Waals surface area contributed by atoms with E-state index in [-0.39, 0.29) is 30.2 Å². The highest BCUT2D eigenvalue weighted by Crippen LogP contribution is 2.46. The predicted molar refractivity (Wildman–Crippen MR) is 136 cm³/mol. The second kappa shape index (κ2) is 10.5. The van der Waals surface area contributed by atoms with Gasteiger partial charge >= 0.3 is 5.97 Å². The summed E-state index contributed by atoms with van der Waals surface area (Å²) in [6.07, 6.45) is 5.71. The van der Waals surface area contributed by atoms with E-state index in [0.29, 0.717) is 34.1 Å². The Morgan fingerprint density at radius 3 is 2.67 bits per heavy atom. The average molecular weight is 491 g/mol. The number of hydrogen-bond acceptors (Lipinski definition) is 5. The van der Waals surface area contributed by atoms with Gasteiger partial charge in [-0.15, -0.1) is 0 Å². The second-order valence-corrected chi connectivity index (χ2v) is 9.80. The van der Waals surface area contributed by atoms with Crippen molar-refractivity contribution in [2.75, 3.05) is 7.11 Å². The molecule has 1 aliphatic rings. The third-order valence-electron chi connectivity index (χ3n) is 6.65. The molecule has 0 amide bonds. The molecule has 7 heteroatoms. The lowest BCUT2D eigenvalue weighted by molar-refractivity contribution is -0.137. The molecule has 0 saturated carbocycles. The normalized spacial score (nSPS) is 15.3. The molecule has 0 aliphatic heterocycles. The maximum absolute atomic E-state index is 14.9. The SMILES string of the molecule is COc1ccc(F)c(-c2ncc(COc3cccc([C@H](C)CC(=O)O)c3)nc2C2=CCCC2(C)C)c1. The Kier molecular flexibility index (Phi) is 7.38. The standard InChI is InChI=1S/C29H31FN2O4/c1-18(13-26(33)34)19-7-5-8-22(14-19)36-17-20-16-31-27(23-15-21(35-4)10-11-25(23)30)28(32-20)24-9-6-12-29(24,2)3/h5,7-11,14-16,18H,6,12-13,17H2,1-4H3,(H,33,34)/t18-/m1/s1. The van der Waals surface area contributed by atoms with Crippen LogP contribution in [0.3, 0.4) is 0 Å². The maximum Gasteiger partial charge on any atom is 0.303 e. The van der Waals surface area contributed by atoms with Gasteiger partial charge in [-0.1, -0.05) is 39.0 Å². The van der Waals surface area contributed by atoms with E-state index in [1.807, 2.05) is 31.2 Å². The topological polar surface area (TPSA) is 81.5 Å². The zero-order chi connectivity index (χ0) is 25.9. The number of ether oxygens (including phenoxy) is 2. The molecule has 1 atom stereocenters. The van der Waals surface area contributed by atoms with E-state index in [1.54, 1.807) is 25.4 Å². The van der Waals surface area contributed by atoms with Gasteiger partial charge in [-0.25, -0.2) is 9.37 Å². The van der Waals surface area contributed by atoms with Crippen LogP contribution in [0.1, 0.15) is 62.9 Å². The second-order valence-electron chi connectivity index (χ2n) is 9.80. The summed E-state index contributed by atoms with van der Waals surface area (Å²) < 4.78 is 26.2. The van der Waals surface area contributed by atoms with Crippen LogP contribution in [0.2, 0.25) is 0 Å². The summed E-state index contributed by atoms with van der Waals surface area (Å²) in [7, 11) is 1.55. The van der Waals surface area contributed by atoms with Crippen molar-refractivity contribution in [3.63, 3.8) is 0 Å². The number of allylic oxidation sites excluding steroid dienone is 2. The average Bonchev–Trinajstić information content (AvgIpc) is 3.21. The van der Waals surface area contributed by atoms with Gasteiger partial charge in [0.15, 0.2) is 0 Å². The lowest BCUT2D eigenvalue weighted by atomic mass is 9.83. The smallest absolute Gasteiger partial charge is 0.303 e. The van der Waals surface area contributed by atoms with E-state index in [4.69, 9.17) is 19.6 Å². The molecule has 4 rings (SSSR count). The van der Waals surface area contributed by atoms with Gasteiger partial charge < -0.3 is 14.6 Å². The maximum atomic E-state index is 14.9. The van der Waals surface area contributed by atoms with Gasteiger partial charge in [-0.3, -0.25) is 9.78 Å². The fraction of sp³-hybridized carbons (Fsp3) is 0.345. The summed E-state index contributed by atoms with van der Waals surface area (Å²) in [5.74, 6) is -0.196. The first-order valence-corrected chi connectivity index (χ1v) is 12.0. The number of nitrogens with zero attached hydrogens (tertiary/aromatic N) is 2. The highest BCUT2D eigenvalue weighted by molar-refractivity contribution is 5.80. The Bertz CT molecular complexity index is 1300. The monoisotopic (exact) mass is 490 g/mol. The Labute approximate surface area is 210 Å². The molecule has 0 spiro atoms. The Hall–Kier alpha value is -3.74. The first-order valence-electron chi connectivity index (χ1n) is 12.0. The fourth-order valence-electron chi connectivity index (χ4n) is 4.55. The van der Waals surface area contributed by atoms with Gasteiger partial charge in [0.1, 0.15) is 23.9 Å². The molecule has 0 saturated heterocycles. The van der Waals surface area contributed by atoms with Crippen LogP contribution in [0, 0.1) is 11.2 Å². The van der Waals surface area contributed by atoms with Crippen molar-refractivity contribution in [2.45, 2.75) is 52.6 Å². The minimum atomic E-state index is -0.840. The van der Waals surface area contributed by atoms with Gasteiger partial charge in [0.2, 0.25) is 0 Å². The number of carbonyl (C=O) groups is 1. The molecule has 1 aliphatic carbocycles. The lowest BCUT2D eigenvalue weighted by Crippen LogP contribution is -2.13. The summed E-state index contributed by atoms with van der Waals surface area (Å²) in [5, 5.41) is 9.09. The highest BCUT2D eigenvalue weighted by atomic mass is 19.1. The molecular weight excluding hydrogens is 459 g/mol. The number of hydrogen-bond donors (Lipinski definition) is 1. The van der Waals surface area contributed by atoms with Crippen molar-refractivity contribution < 1.29 is 23.8 Å². The summed E-state index contributed by atoms with van der Waals surface area (Å²) in [6, 6.07) is 12.0. The fourth-order valence-corrected chi connectivity index (χ4v) is 4.55. The Morgan fingerprint density at radius 1 is 1.17 bits per heavy atom. The number of aromatic nitrogens is 2. The van der Waals surface area contributed by atoms with Gasteiger partial charge in [0.25, 0.3) is 0 Å². The molecular formula is C29H31FN2O4. The number of benzene rings is 2. The number of rotatable bonds is 9. The van der Waals surface area contributed by atoms with E-state index in [2.05, 4.69) is 24.9 Å². The molecule has 3 aromatic rings. The molecule has 0 radical (unpaired) electrons. The molecule has 188 valence electrons. The number of carboxylic acid groups (broad SMARTS) is 1. The van der Waals surface area contributed by atoms with E-state index in [9.17, 15) is 9.18 Å². The molecule has 1 heterocycles. The molecule has 6 nitrogen and oxygen atoms in total. The lowest BCUT2D eigenvalue weighted by Gasteiger charge is -2.24. The van der Waals surface area contributed by atoms with Crippen LogP contribution >= 0.6 is 0 Å². The number of aliphatic carboxylic acids is 1. The number of methoxy groups -OCH3 is 1. The molecule has 36 heavy (non-hydrogen) atoms. The van der Waals surface area contributed by atoms with E-state index in [1.165, 1.54) is 6.07 Å². The molecule has 0 bridgehead atoms. The zero-order valence-electron chi connectivity index (χ0n) is 21.0. The van der Waals surface area contributed by atoms with Gasteiger partial charge in [-0.2, -0.15) is 0 Å². The van der Waals surface area contributed by atoms with Crippen LogP contribution < -0.4 is 9.47 Å². The molecule has 1 N–H and O–H groups in total. The van der Waals surface area contributed by atoms with Crippen molar-refractivity contribution in [2.24, 2.45) is 5.41 Å². The molecule has 0 fully saturated rings. The first-order chi connectivity index (χ1) is 17.2. The van der Waals surface area contributed by atoms with Crippen LogP contribution in [0.5, 0.6) is 11.5 Å². The molecule has 1 aromatic heterocycles. The van der Waals surface area contributed by atoms with Crippen LogP contribution in [0.25, 0.3) is 16.8 Å². The highest BCUT2D eigenvalue weighted by Gasteiger charge is 2.32. The van der Waals surface area contributed by atoms with Crippen molar-refractivity contribution in [3.8, 4) is 22.8 Å². The van der Waals surface area contributed by atoms with Gasteiger partial charge in [0, 0.05) is 5.56 Å². The van der Waals surface area contributed by atoms with E-state index < -0.39 is 5.97 Å². The largest absolute Gasteiger partial charge is 0.497 e. The number of carboxylic acids is 1. The molecule has 0 unspecified atom stereocenters. The van der Waals surface area contributed by atoms with Crippen LogP contribution in [0.4, 0.5) is 4.39 Å². The summed E-state index contributed by atoms with van der Waals surface area (Å²) in [4.78, 5) is 20.6. The van der Waals surface area contributed by atoms with Crippen LogP contribution in [0.15, 0.2) is 54.7 Å². The van der Waals surface area contributed by atoms with Crippen molar-refractivity contribution in [3.05, 3.63) is 77.5 Å². The van der Waals surface area contributed by atoms with Gasteiger partial charge in [-0.05, 0) is 65.6 Å². The summed E-state index contributed by atoms with van der Waals surface area (Å²) >= 11 is 0. The van der Waals surface area contributed by atoms with Gasteiger partial charge in [0.05, 0.1) is 36.8 Å². The molecule has 2 aromatic carbocycles. The zero-order valence-corrected chi connectivity index (χ0v) is 21.0. The Morgan fingerprint density at radius 2 is 1.97 bits per heavy atom. The summed E-state index contributed by atoms with van der Waals surface area (Å²) in [6.45, 7) is 6.36. The first kappa shape index (κ1) is 25.4. The number of halogens is 1. The Balaban J connectivity index is 1.66. The third kappa shape index (κ3) is 5.56. The van der Waals surface area contributed by atoms with Crippen LogP contribution in [-0.4, -0.2) is 28.2 Å². The van der Waals surface area contributed by atoms with E-state index in [0.717, 1.165) is 24.0 Å². The summed E-state index contributed by atoms with van der Waals surface area (Å²) in [5.41, 5.74) is 3.89. The third-order valence-corrected chi connectivity index (χ3v) is 6.65. The van der Waals surface area contributed by atoms with Crippen molar-refractivity contribution in [1.29, 1.82) is 0 Å². The predicted octanol–water partition coefficient (Wildman–Crippen LogP) is 6.65. The van der Waals surface area contributed by atoms with E-state index >= 15 is 0 Å².